The maximum Gasteiger partial charge on any atom is 0.257 e. The largest absolute Gasteiger partial charge is 0.370 e. The summed E-state index contributed by atoms with van der Waals surface area (Å²) < 4.78 is 0.939. The summed E-state index contributed by atoms with van der Waals surface area (Å²) in [5, 5.41) is 6.20. The minimum Gasteiger partial charge on any atom is -0.370 e. The number of hydrogen-bond acceptors (Lipinski definition) is 3. The summed E-state index contributed by atoms with van der Waals surface area (Å²) in [6.45, 7) is 4.67. The van der Waals surface area contributed by atoms with Crippen molar-refractivity contribution >= 4 is 44.9 Å². The van der Waals surface area contributed by atoms with E-state index in [1.165, 1.54) is 6.20 Å². The monoisotopic (exact) mass is 367 g/mol. The van der Waals surface area contributed by atoms with E-state index in [4.69, 9.17) is 11.6 Å². The number of anilines is 2. The van der Waals surface area contributed by atoms with Crippen LogP contribution in [0.1, 0.15) is 22.8 Å². The quantitative estimate of drug-likeness (QED) is 0.836. The molecule has 21 heavy (non-hydrogen) atoms. The van der Waals surface area contributed by atoms with E-state index >= 15 is 0 Å². The molecule has 1 amide bonds. The molecule has 0 saturated carbocycles. The summed E-state index contributed by atoms with van der Waals surface area (Å²) in [5.74, 6) is 0.356. The average Bonchev–Trinajstić information content (AvgIpc) is 2.45. The van der Waals surface area contributed by atoms with Gasteiger partial charge in [-0.3, -0.25) is 4.79 Å². The Morgan fingerprint density at radius 1 is 1.38 bits per heavy atom. The average molecular weight is 369 g/mol. The Balaban J connectivity index is 2.23. The van der Waals surface area contributed by atoms with E-state index in [1.54, 1.807) is 6.07 Å². The predicted molar refractivity (Wildman–Crippen MR) is 90.2 cm³/mol. The van der Waals surface area contributed by atoms with Gasteiger partial charge in [-0.05, 0) is 37.6 Å². The van der Waals surface area contributed by atoms with Crippen LogP contribution in [-0.4, -0.2) is 17.4 Å². The Hall–Kier alpha value is -1.59. The molecular formula is C15H15BrClN3O. The summed E-state index contributed by atoms with van der Waals surface area (Å²) in [6, 6.07) is 7.27. The highest BCUT2D eigenvalue weighted by Gasteiger charge is 2.12. The first-order chi connectivity index (χ1) is 10.0. The lowest BCUT2D eigenvalue weighted by Gasteiger charge is -2.10. The second-order valence-corrected chi connectivity index (χ2v) is 5.76. The van der Waals surface area contributed by atoms with E-state index in [1.807, 2.05) is 32.0 Å². The normalized spacial score (nSPS) is 10.3. The lowest BCUT2D eigenvalue weighted by molar-refractivity contribution is 0.102. The number of benzene rings is 1. The first-order valence-corrected chi connectivity index (χ1v) is 7.65. The molecule has 4 nitrogen and oxygen atoms in total. The number of carbonyl (C=O) groups excluding carboxylic acids is 1. The summed E-state index contributed by atoms with van der Waals surface area (Å²) in [4.78, 5) is 16.4. The second-order valence-electron chi connectivity index (χ2n) is 4.50. The molecule has 1 aromatic carbocycles. The van der Waals surface area contributed by atoms with Gasteiger partial charge in [0.2, 0.25) is 0 Å². The fourth-order valence-electron chi connectivity index (χ4n) is 1.76. The maximum absolute atomic E-state index is 12.3. The van der Waals surface area contributed by atoms with Crippen molar-refractivity contribution < 1.29 is 4.79 Å². The van der Waals surface area contributed by atoms with Crippen molar-refractivity contribution in [1.29, 1.82) is 0 Å². The van der Waals surface area contributed by atoms with Gasteiger partial charge in [0, 0.05) is 22.9 Å². The van der Waals surface area contributed by atoms with Crippen molar-refractivity contribution in [3.05, 3.63) is 51.1 Å². The summed E-state index contributed by atoms with van der Waals surface area (Å²) >= 11 is 9.50. The highest BCUT2D eigenvalue weighted by atomic mass is 79.9. The Kier molecular flexibility index (Phi) is 5.20. The molecule has 0 bridgehead atoms. The van der Waals surface area contributed by atoms with Crippen LogP contribution in [0.5, 0.6) is 0 Å². The van der Waals surface area contributed by atoms with Crippen molar-refractivity contribution in [2.75, 3.05) is 17.2 Å². The molecule has 0 aliphatic heterocycles. The van der Waals surface area contributed by atoms with Gasteiger partial charge in [-0.25, -0.2) is 4.98 Å². The second kappa shape index (κ2) is 6.91. The van der Waals surface area contributed by atoms with Crippen molar-refractivity contribution in [2.45, 2.75) is 13.8 Å². The highest BCUT2D eigenvalue weighted by molar-refractivity contribution is 9.10. The lowest BCUT2D eigenvalue weighted by Crippen LogP contribution is -2.13. The summed E-state index contributed by atoms with van der Waals surface area (Å²) in [6.07, 6.45) is 1.47. The van der Waals surface area contributed by atoms with E-state index in [0.717, 1.165) is 16.6 Å². The molecule has 0 radical (unpaired) electrons. The number of hydrogen-bond donors (Lipinski definition) is 2. The van der Waals surface area contributed by atoms with Gasteiger partial charge in [0.25, 0.3) is 5.91 Å². The number of carbonyl (C=O) groups is 1. The summed E-state index contributed by atoms with van der Waals surface area (Å²) in [7, 11) is 0. The van der Waals surface area contributed by atoms with Gasteiger partial charge in [0.15, 0.2) is 0 Å². The molecule has 1 heterocycles. The molecular weight excluding hydrogens is 354 g/mol. The third-order valence-electron chi connectivity index (χ3n) is 2.89. The lowest BCUT2D eigenvalue weighted by atomic mass is 10.2. The van der Waals surface area contributed by atoms with Crippen LogP contribution in [0.2, 0.25) is 5.02 Å². The van der Waals surface area contributed by atoms with E-state index in [2.05, 4.69) is 31.5 Å². The van der Waals surface area contributed by atoms with E-state index in [9.17, 15) is 4.79 Å². The zero-order valence-electron chi connectivity index (χ0n) is 11.7. The zero-order chi connectivity index (χ0) is 15.4. The predicted octanol–water partition coefficient (Wildman–Crippen LogP) is 4.49. The van der Waals surface area contributed by atoms with Gasteiger partial charge in [-0.2, -0.15) is 0 Å². The molecule has 0 spiro atoms. The molecule has 2 N–H and O–H groups in total. The number of amides is 1. The first-order valence-electron chi connectivity index (χ1n) is 6.48. The molecule has 0 aliphatic rings. The fourth-order valence-corrected chi connectivity index (χ4v) is 2.33. The molecule has 0 saturated heterocycles. The Morgan fingerprint density at radius 3 is 2.81 bits per heavy atom. The minimum absolute atomic E-state index is 0.266. The summed E-state index contributed by atoms with van der Waals surface area (Å²) in [5.41, 5.74) is 2.19. The number of halogens is 2. The number of pyridine rings is 1. The van der Waals surface area contributed by atoms with Gasteiger partial charge in [-0.15, -0.1) is 0 Å². The van der Waals surface area contributed by atoms with Gasteiger partial charge in [0.1, 0.15) is 5.82 Å². The van der Waals surface area contributed by atoms with E-state index in [-0.39, 0.29) is 5.91 Å². The van der Waals surface area contributed by atoms with Crippen LogP contribution < -0.4 is 10.6 Å². The van der Waals surface area contributed by atoms with Crippen molar-refractivity contribution in [3.63, 3.8) is 0 Å². The third kappa shape index (κ3) is 3.95. The smallest absolute Gasteiger partial charge is 0.257 e. The van der Waals surface area contributed by atoms with Crippen molar-refractivity contribution in [3.8, 4) is 0 Å². The molecule has 0 unspecified atom stereocenters. The van der Waals surface area contributed by atoms with Crippen LogP contribution in [0.3, 0.4) is 0 Å². The number of aryl methyl sites for hydroxylation is 1. The highest BCUT2D eigenvalue weighted by Crippen LogP contribution is 2.23. The van der Waals surface area contributed by atoms with Gasteiger partial charge in [-0.1, -0.05) is 33.6 Å². The fraction of sp³-hybridized carbons (Fsp3) is 0.200. The van der Waals surface area contributed by atoms with Crippen LogP contribution in [0.25, 0.3) is 0 Å². The molecule has 0 aliphatic carbocycles. The topological polar surface area (TPSA) is 54.0 Å². The number of nitrogens with one attached hydrogen (secondary N) is 2. The Bertz CT molecular complexity index is 676. The minimum atomic E-state index is -0.266. The van der Waals surface area contributed by atoms with Crippen LogP contribution >= 0.6 is 27.5 Å². The molecule has 6 heteroatoms. The van der Waals surface area contributed by atoms with Gasteiger partial charge >= 0.3 is 0 Å². The van der Waals surface area contributed by atoms with Crippen LogP contribution in [0, 0.1) is 6.92 Å². The molecule has 0 fully saturated rings. The standard InChI is InChI=1S/C15H15BrClN3O/c1-3-18-14-7-11(13(17)8-19-14)15(21)20-10-5-4-9(2)12(16)6-10/h4-8H,3H2,1-2H3,(H,18,19)(H,20,21). The molecule has 110 valence electrons. The van der Waals surface area contributed by atoms with Crippen LogP contribution in [0.4, 0.5) is 11.5 Å². The maximum atomic E-state index is 12.3. The van der Waals surface area contributed by atoms with Gasteiger partial charge in [0.05, 0.1) is 10.6 Å². The third-order valence-corrected chi connectivity index (χ3v) is 4.04. The molecule has 1 aromatic heterocycles. The van der Waals surface area contributed by atoms with E-state index in [0.29, 0.717) is 22.1 Å². The molecule has 2 rings (SSSR count). The number of aromatic nitrogens is 1. The Labute approximate surface area is 137 Å². The van der Waals surface area contributed by atoms with E-state index < -0.39 is 0 Å². The van der Waals surface area contributed by atoms with Crippen molar-refractivity contribution in [1.82, 2.24) is 4.98 Å². The number of rotatable bonds is 4. The van der Waals surface area contributed by atoms with Crippen LogP contribution in [0.15, 0.2) is 34.9 Å². The van der Waals surface area contributed by atoms with Crippen molar-refractivity contribution in [2.24, 2.45) is 0 Å². The van der Waals surface area contributed by atoms with Gasteiger partial charge < -0.3 is 10.6 Å². The Morgan fingerprint density at radius 2 is 2.14 bits per heavy atom. The number of nitrogens with zero attached hydrogens (tertiary/aromatic N) is 1. The zero-order valence-corrected chi connectivity index (χ0v) is 14.0. The molecule has 0 atom stereocenters. The SMILES string of the molecule is CCNc1cc(C(=O)Nc2ccc(C)c(Br)c2)c(Cl)cn1. The van der Waals surface area contributed by atoms with Crippen LogP contribution in [-0.2, 0) is 0 Å². The molecule has 2 aromatic rings. The first kappa shape index (κ1) is 15.8.